The van der Waals surface area contributed by atoms with Gasteiger partial charge in [0.25, 0.3) is 5.91 Å². The molecule has 0 aliphatic heterocycles. The van der Waals surface area contributed by atoms with E-state index in [0.29, 0.717) is 11.5 Å². The summed E-state index contributed by atoms with van der Waals surface area (Å²) < 4.78 is 0. The van der Waals surface area contributed by atoms with E-state index < -0.39 is 0 Å². The highest BCUT2D eigenvalue weighted by molar-refractivity contribution is 7.11. The Morgan fingerprint density at radius 1 is 1.10 bits per heavy atom. The molecule has 0 aliphatic carbocycles. The Hall–Kier alpha value is -3.31. The molecule has 2 heterocycles. The van der Waals surface area contributed by atoms with Gasteiger partial charge in [-0.25, -0.2) is 10.4 Å². The molecule has 4 aromatic rings. The molecular formula is C25H23N3OS. The summed E-state index contributed by atoms with van der Waals surface area (Å²) in [5.74, 6) is 0.218. The number of aromatic nitrogens is 1. The number of thiophene rings is 1. The van der Waals surface area contributed by atoms with Gasteiger partial charge < -0.3 is 0 Å². The summed E-state index contributed by atoms with van der Waals surface area (Å²) >= 11 is 1.57. The van der Waals surface area contributed by atoms with Crippen molar-refractivity contribution in [3.05, 3.63) is 87.6 Å². The molecule has 0 aliphatic rings. The molecule has 2 aromatic heterocycles. The summed E-state index contributed by atoms with van der Waals surface area (Å²) in [4.78, 5) is 18.8. The minimum atomic E-state index is -0.249. The fraction of sp³-hybridized carbons (Fsp3) is 0.160. The van der Waals surface area contributed by atoms with E-state index in [-0.39, 0.29) is 5.91 Å². The fourth-order valence-corrected chi connectivity index (χ4v) is 3.88. The fourth-order valence-electron chi connectivity index (χ4n) is 3.29. The second-order valence-corrected chi connectivity index (χ2v) is 8.55. The van der Waals surface area contributed by atoms with Gasteiger partial charge in [-0.2, -0.15) is 5.10 Å². The molecule has 0 unspecified atom stereocenters. The molecule has 1 amide bonds. The zero-order valence-electron chi connectivity index (χ0n) is 17.2. The third-order valence-electron chi connectivity index (χ3n) is 4.98. The maximum absolute atomic E-state index is 13.0. The van der Waals surface area contributed by atoms with Gasteiger partial charge in [0.2, 0.25) is 0 Å². The molecule has 0 bridgehead atoms. The van der Waals surface area contributed by atoms with Crippen LogP contribution in [0.15, 0.2) is 71.1 Å². The molecule has 0 radical (unpaired) electrons. The monoisotopic (exact) mass is 413 g/mol. The van der Waals surface area contributed by atoms with E-state index in [2.05, 4.69) is 48.6 Å². The van der Waals surface area contributed by atoms with Crippen molar-refractivity contribution >= 4 is 34.4 Å². The number of benzene rings is 2. The molecule has 1 N–H and O–H groups in total. The Bertz CT molecular complexity index is 1210. The Kier molecular flexibility index (Phi) is 5.72. The highest BCUT2D eigenvalue weighted by Crippen LogP contribution is 2.27. The van der Waals surface area contributed by atoms with E-state index in [1.54, 1.807) is 17.6 Å². The zero-order valence-corrected chi connectivity index (χ0v) is 18.0. The van der Waals surface area contributed by atoms with Gasteiger partial charge in [0.05, 0.1) is 23.0 Å². The molecule has 150 valence electrons. The molecule has 30 heavy (non-hydrogen) atoms. The molecular weight excluding hydrogens is 390 g/mol. The van der Waals surface area contributed by atoms with Crippen LogP contribution < -0.4 is 5.43 Å². The van der Waals surface area contributed by atoms with Crippen molar-refractivity contribution in [3.63, 3.8) is 0 Å². The number of carbonyl (C=O) groups excluding carboxylic acids is 1. The summed E-state index contributed by atoms with van der Waals surface area (Å²) in [7, 11) is 0. The number of pyridine rings is 1. The predicted octanol–water partition coefficient (Wildman–Crippen LogP) is 6.16. The van der Waals surface area contributed by atoms with E-state index in [9.17, 15) is 4.79 Å². The second-order valence-electron chi connectivity index (χ2n) is 7.57. The van der Waals surface area contributed by atoms with Crippen LogP contribution in [0.4, 0.5) is 0 Å². The number of hydrazone groups is 1. The first-order chi connectivity index (χ1) is 14.5. The standard InChI is InChI=1S/C25H23N3OS/c1-16(2)18-7-9-19(10-8-18)24-14-22(21-13-17(3)6-11-23(21)27-24)25(29)28-26-15-20-5-4-12-30-20/h4-16H,1-3H3,(H,28,29)/b26-15+. The Labute approximate surface area is 180 Å². The summed E-state index contributed by atoms with van der Waals surface area (Å²) in [6.07, 6.45) is 1.66. The normalized spacial score (nSPS) is 11.5. The lowest BCUT2D eigenvalue weighted by molar-refractivity contribution is 0.0957. The summed E-state index contributed by atoms with van der Waals surface area (Å²) in [5, 5.41) is 6.91. The maximum Gasteiger partial charge on any atom is 0.272 e. The van der Waals surface area contributed by atoms with Crippen LogP contribution in [0.1, 0.15) is 46.1 Å². The average Bonchev–Trinajstić information content (AvgIpc) is 3.26. The minimum Gasteiger partial charge on any atom is -0.267 e. The topological polar surface area (TPSA) is 54.4 Å². The lowest BCUT2D eigenvalue weighted by atomic mass is 9.99. The molecule has 0 saturated heterocycles. The van der Waals surface area contributed by atoms with E-state index >= 15 is 0 Å². The Balaban J connectivity index is 1.73. The third kappa shape index (κ3) is 4.31. The number of nitrogens with zero attached hydrogens (tertiary/aromatic N) is 2. The van der Waals surface area contributed by atoms with E-state index in [4.69, 9.17) is 4.98 Å². The molecule has 0 spiro atoms. The second kappa shape index (κ2) is 8.59. The number of rotatable bonds is 5. The summed E-state index contributed by atoms with van der Waals surface area (Å²) in [6, 6.07) is 20.1. The van der Waals surface area contributed by atoms with Crippen LogP contribution in [0.5, 0.6) is 0 Å². The van der Waals surface area contributed by atoms with Gasteiger partial charge in [-0.15, -0.1) is 11.3 Å². The molecule has 0 saturated carbocycles. The largest absolute Gasteiger partial charge is 0.272 e. The van der Waals surface area contributed by atoms with Crippen LogP contribution in [0.3, 0.4) is 0 Å². The van der Waals surface area contributed by atoms with Crippen LogP contribution in [0.2, 0.25) is 0 Å². The first-order valence-electron chi connectivity index (χ1n) is 9.90. The quantitative estimate of drug-likeness (QED) is 0.315. The van der Waals surface area contributed by atoms with Crippen LogP contribution in [0.25, 0.3) is 22.2 Å². The van der Waals surface area contributed by atoms with Crippen molar-refractivity contribution in [1.29, 1.82) is 0 Å². The van der Waals surface area contributed by atoms with Crippen molar-refractivity contribution in [3.8, 4) is 11.3 Å². The van der Waals surface area contributed by atoms with Gasteiger partial charge in [-0.3, -0.25) is 4.79 Å². The Morgan fingerprint density at radius 2 is 1.90 bits per heavy atom. The van der Waals surface area contributed by atoms with Crippen molar-refractivity contribution in [2.24, 2.45) is 5.10 Å². The predicted molar refractivity (Wildman–Crippen MR) is 125 cm³/mol. The average molecular weight is 414 g/mol. The number of nitrogens with one attached hydrogen (secondary N) is 1. The van der Waals surface area contributed by atoms with E-state index in [1.807, 2.05) is 48.7 Å². The first kappa shape index (κ1) is 20.0. The van der Waals surface area contributed by atoms with Gasteiger partial charge >= 0.3 is 0 Å². The van der Waals surface area contributed by atoms with Crippen molar-refractivity contribution < 1.29 is 4.79 Å². The first-order valence-corrected chi connectivity index (χ1v) is 10.8. The van der Waals surface area contributed by atoms with Gasteiger partial charge in [-0.1, -0.05) is 55.8 Å². The zero-order chi connectivity index (χ0) is 21.1. The molecule has 5 heteroatoms. The number of hydrogen-bond acceptors (Lipinski definition) is 4. The highest BCUT2D eigenvalue weighted by Gasteiger charge is 2.14. The number of amides is 1. The third-order valence-corrected chi connectivity index (χ3v) is 5.79. The van der Waals surface area contributed by atoms with Gasteiger partial charge in [0.15, 0.2) is 0 Å². The highest BCUT2D eigenvalue weighted by atomic mass is 32.1. The van der Waals surface area contributed by atoms with E-state index in [0.717, 1.165) is 32.6 Å². The van der Waals surface area contributed by atoms with Crippen LogP contribution in [-0.4, -0.2) is 17.1 Å². The van der Waals surface area contributed by atoms with Crippen molar-refractivity contribution in [2.45, 2.75) is 26.7 Å². The van der Waals surface area contributed by atoms with E-state index in [1.165, 1.54) is 5.56 Å². The molecule has 0 atom stereocenters. The summed E-state index contributed by atoms with van der Waals surface area (Å²) in [5.41, 5.74) is 8.12. The Morgan fingerprint density at radius 3 is 2.60 bits per heavy atom. The van der Waals surface area contributed by atoms with Gasteiger partial charge in [0.1, 0.15) is 0 Å². The number of aryl methyl sites for hydroxylation is 1. The molecule has 4 nitrogen and oxygen atoms in total. The van der Waals surface area contributed by atoms with Crippen molar-refractivity contribution in [2.75, 3.05) is 0 Å². The SMILES string of the molecule is Cc1ccc2nc(-c3ccc(C(C)C)cc3)cc(C(=O)N/N=C/c3cccs3)c2c1. The molecule has 0 fully saturated rings. The van der Waals surface area contributed by atoms with Crippen molar-refractivity contribution in [1.82, 2.24) is 10.4 Å². The lowest BCUT2D eigenvalue weighted by Crippen LogP contribution is -2.18. The minimum absolute atomic E-state index is 0.249. The van der Waals surface area contributed by atoms with Crippen LogP contribution in [0, 0.1) is 6.92 Å². The number of hydrogen-bond donors (Lipinski definition) is 1. The molecule has 2 aromatic carbocycles. The maximum atomic E-state index is 13.0. The number of carbonyl (C=O) groups is 1. The molecule has 4 rings (SSSR count). The number of fused-ring (bicyclic) bond motifs is 1. The lowest BCUT2D eigenvalue weighted by Gasteiger charge is -2.11. The summed E-state index contributed by atoms with van der Waals surface area (Å²) in [6.45, 7) is 6.35. The smallest absolute Gasteiger partial charge is 0.267 e. The van der Waals surface area contributed by atoms with Crippen LogP contribution >= 0.6 is 11.3 Å². The van der Waals surface area contributed by atoms with Gasteiger partial charge in [0, 0.05) is 15.8 Å². The van der Waals surface area contributed by atoms with Gasteiger partial charge in [-0.05, 0) is 48.1 Å². The van der Waals surface area contributed by atoms with Crippen LogP contribution in [-0.2, 0) is 0 Å².